The lowest BCUT2D eigenvalue weighted by molar-refractivity contribution is 0.000862. The van der Waals surface area contributed by atoms with Crippen LogP contribution in [0.1, 0.15) is 206 Å². The third-order valence-corrected chi connectivity index (χ3v) is 21.8. The number of aldehydes is 1. The number of nitrogens with one attached hydrogen (secondary N) is 6. The van der Waals surface area contributed by atoms with Gasteiger partial charge in [-0.1, -0.05) is 96.9 Å². The lowest BCUT2D eigenvalue weighted by Gasteiger charge is -2.53. The van der Waals surface area contributed by atoms with Gasteiger partial charge in [-0.05, 0) is 332 Å². The van der Waals surface area contributed by atoms with Gasteiger partial charge in [-0.3, -0.25) is 4.79 Å². The number of rotatable bonds is 15. The Labute approximate surface area is 608 Å². The van der Waals surface area contributed by atoms with Crippen LogP contribution in [-0.4, -0.2) is 170 Å². The molecule has 4 aromatic rings. The average Bonchev–Trinajstić information content (AvgIpc) is 1.69. The van der Waals surface area contributed by atoms with E-state index >= 15 is 0 Å². The fourth-order valence-electron chi connectivity index (χ4n) is 17.5. The number of aromatic hydroxyl groups is 2. The highest BCUT2D eigenvalue weighted by atomic mass is 16.5. The van der Waals surface area contributed by atoms with Crippen LogP contribution in [0.2, 0.25) is 0 Å². The zero-order valence-corrected chi connectivity index (χ0v) is 61.8. The molecule has 4 aromatic carbocycles. The SMILES string of the molecule is C.C.C.C.C.C1CCNC1.CCNCC.CN1CCNCC1.CNC.CNC.CNC.COc1cc(C=O)ccc1OCC[C@H]1CCC2C3C(CCC21C)c1ccc(O)cc1C[C@H]3C.COc1cc(CN(C)C)ccc1OCC[C@H]1CCC2C3C(CCC21C)c1ccc(O)cc1C[C@H]3C. The summed E-state index contributed by atoms with van der Waals surface area (Å²) < 4.78 is 23.5. The van der Waals surface area contributed by atoms with E-state index in [1.165, 1.54) is 118 Å². The van der Waals surface area contributed by atoms with Crippen molar-refractivity contribution in [3.63, 3.8) is 0 Å². The van der Waals surface area contributed by atoms with Gasteiger partial charge in [0.1, 0.15) is 17.8 Å². The van der Waals surface area contributed by atoms with E-state index in [1.807, 2.05) is 72.6 Å². The molecule has 2 heterocycles. The summed E-state index contributed by atoms with van der Waals surface area (Å²) in [5, 5.41) is 37.9. The largest absolute Gasteiger partial charge is 0.508 e. The molecule has 0 radical (unpaired) electrons. The number of fused-ring (bicyclic) bond motifs is 10. The molecule has 12 atom stereocenters. The minimum atomic E-state index is 0. The molecule has 570 valence electrons. The van der Waals surface area contributed by atoms with Gasteiger partial charge in [-0.15, -0.1) is 0 Å². The molecule has 0 bridgehead atoms. The van der Waals surface area contributed by atoms with Crippen LogP contribution in [0.25, 0.3) is 0 Å². The van der Waals surface area contributed by atoms with E-state index in [4.69, 9.17) is 18.9 Å². The van der Waals surface area contributed by atoms with Crippen LogP contribution in [0.5, 0.6) is 34.5 Å². The molecule has 2 aliphatic heterocycles. The number of phenolic OH excluding ortho intramolecular Hbond substituents is 2. The number of benzene rings is 4. The Morgan fingerprint density at radius 3 is 1.34 bits per heavy atom. The van der Waals surface area contributed by atoms with Crippen molar-refractivity contribution in [1.82, 2.24) is 41.7 Å². The fourth-order valence-corrected chi connectivity index (χ4v) is 17.5. The van der Waals surface area contributed by atoms with Crippen LogP contribution in [0, 0.1) is 58.2 Å². The highest BCUT2D eigenvalue weighted by Gasteiger charge is 2.57. The second kappa shape index (κ2) is 48.8. The number of likely N-dealkylation sites (N-methyl/N-ethyl adjacent to an activating group) is 1. The first-order valence-corrected chi connectivity index (χ1v) is 36.2. The van der Waals surface area contributed by atoms with Crippen LogP contribution < -0.4 is 50.8 Å². The molecule has 15 heteroatoms. The zero-order valence-electron chi connectivity index (χ0n) is 61.8. The number of carbonyl (C=O) groups excluding carboxylic acids is 1. The topological polar surface area (TPSA) is 173 Å². The van der Waals surface area contributed by atoms with E-state index in [2.05, 4.69) is 135 Å². The summed E-state index contributed by atoms with van der Waals surface area (Å²) in [7, 11) is 20.9. The predicted molar refractivity (Wildman–Crippen MR) is 426 cm³/mol. The number of carbonyl (C=O) groups is 1. The van der Waals surface area contributed by atoms with Crippen molar-refractivity contribution in [1.29, 1.82) is 0 Å². The number of hydrogen-bond acceptors (Lipinski definition) is 15. The fraction of sp³-hybridized carbons (Fsp3) is 0.702. The Morgan fingerprint density at radius 1 is 0.576 bits per heavy atom. The number of methoxy groups -OCH3 is 2. The normalized spacial score (nSPS) is 25.9. The molecule has 6 aliphatic carbocycles. The minimum absolute atomic E-state index is 0. The molecule has 15 nitrogen and oxygen atoms in total. The summed E-state index contributed by atoms with van der Waals surface area (Å²) >= 11 is 0. The summed E-state index contributed by atoms with van der Waals surface area (Å²) in [6.07, 6.45) is 18.3. The summed E-state index contributed by atoms with van der Waals surface area (Å²) in [6, 6.07) is 23.9. The molecule has 12 rings (SSSR count). The number of piperazine rings is 1. The average molecular weight is 1390 g/mol. The quantitative estimate of drug-likeness (QED) is 0.0528. The second-order valence-electron chi connectivity index (χ2n) is 28.8. The number of phenols is 2. The second-order valence-corrected chi connectivity index (χ2v) is 28.8. The lowest BCUT2D eigenvalue weighted by atomic mass is 9.51. The lowest BCUT2D eigenvalue weighted by Crippen LogP contribution is -2.45. The number of nitrogens with zero attached hydrogens (tertiary/aromatic N) is 2. The molecular weight excluding hydrogens is 1230 g/mol. The van der Waals surface area contributed by atoms with E-state index in [0.717, 1.165) is 112 Å². The van der Waals surface area contributed by atoms with E-state index in [1.54, 1.807) is 26.4 Å². The Balaban J connectivity index is 0.00000138. The van der Waals surface area contributed by atoms with E-state index < -0.39 is 0 Å². The first kappa shape index (κ1) is 94.0. The van der Waals surface area contributed by atoms with Crippen LogP contribution >= 0.6 is 0 Å². The molecule has 2 saturated heterocycles. The maximum absolute atomic E-state index is 11.0. The Morgan fingerprint density at radius 2 is 0.990 bits per heavy atom. The van der Waals surface area contributed by atoms with Crippen LogP contribution in [0.3, 0.4) is 0 Å². The molecule has 8 unspecified atom stereocenters. The van der Waals surface area contributed by atoms with Crippen molar-refractivity contribution in [3.8, 4) is 34.5 Å². The van der Waals surface area contributed by atoms with Gasteiger partial charge in [0.25, 0.3) is 0 Å². The van der Waals surface area contributed by atoms with Gasteiger partial charge in [0, 0.05) is 38.3 Å². The van der Waals surface area contributed by atoms with Crippen LogP contribution in [0.4, 0.5) is 0 Å². The Hall–Kier alpha value is -4.97. The van der Waals surface area contributed by atoms with Crippen LogP contribution in [-0.2, 0) is 19.4 Å². The third kappa shape index (κ3) is 26.7. The van der Waals surface area contributed by atoms with Crippen molar-refractivity contribution in [2.45, 2.75) is 187 Å². The van der Waals surface area contributed by atoms with Crippen molar-refractivity contribution >= 4 is 6.29 Å². The first-order valence-electron chi connectivity index (χ1n) is 36.2. The van der Waals surface area contributed by atoms with Gasteiger partial charge < -0.3 is 70.9 Å². The molecule has 8 N–H and O–H groups in total. The molecule has 4 saturated carbocycles. The molecule has 0 spiro atoms. The van der Waals surface area contributed by atoms with E-state index in [-0.39, 0.29) is 37.1 Å². The molecular formula is C84H152N8O7. The summed E-state index contributed by atoms with van der Waals surface area (Å²) in [4.78, 5) is 15.5. The van der Waals surface area contributed by atoms with Gasteiger partial charge in [-0.25, -0.2) is 0 Å². The smallest absolute Gasteiger partial charge is 0.161 e. The van der Waals surface area contributed by atoms with Gasteiger partial charge in [-0.2, -0.15) is 0 Å². The van der Waals surface area contributed by atoms with Crippen molar-refractivity contribution in [2.24, 2.45) is 58.2 Å². The maximum Gasteiger partial charge on any atom is 0.161 e. The van der Waals surface area contributed by atoms with Gasteiger partial charge in [0.15, 0.2) is 23.0 Å². The Bertz CT molecular complexity index is 2760. The number of hydrogen-bond donors (Lipinski definition) is 8. The van der Waals surface area contributed by atoms with E-state index in [0.29, 0.717) is 75.6 Å². The molecule has 0 aromatic heterocycles. The van der Waals surface area contributed by atoms with Gasteiger partial charge >= 0.3 is 0 Å². The van der Waals surface area contributed by atoms with Crippen molar-refractivity contribution in [3.05, 3.63) is 106 Å². The third-order valence-electron chi connectivity index (χ3n) is 21.8. The monoisotopic (exact) mass is 1390 g/mol. The summed E-state index contributed by atoms with van der Waals surface area (Å²) in [6.45, 7) is 26.0. The molecule has 8 aliphatic rings. The molecule has 99 heavy (non-hydrogen) atoms. The summed E-state index contributed by atoms with van der Waals surface area (Å²) in [5.41, 5.74) is 8.38. The highest BCUT2D eigenvalue weighted by molar-refractivity contribution is 5.76. The van der Waals surface area contributed by atoms with Crippen LogP contribution in [0.15, 0.2) is 72.8 Å². The van der Waals surface area contributed by atoms with Gasteiger partial charge in [0.2, 0.25) is 0 Å². The van der Waals surface area contributed by atoms with Crippen molar-refractivity contribution in [2.75, 3.05) is 143 Å². The zero-order chi connectivity index (χ0) is 68.8. The summed E-state index contributed by atoms with van der Waals surface area (Å²) in [5.74, 6) is 10.9. The first-order chi connectivity index (χ1) is 45.3. The standard InChI is InChI=1S/C31H43NO3.C29H36O4.C5H12N2.C4H9N.C4H11N.3C2H7N.5CH4/c1-20-16-22-18-24(33)8-9-25(22)26-12-14-31(2)23(7-10-27(31)30(20)26)13-15-35-28-11-6-21(19-32(3)4)17-29(28)34-5;1-18-14-20-16-22(31)6-7-23(20)24-10-12-29(2)21(5-8-25(29)28(18)24)11-13-33-26-9-4-19(17-30)15-27(26)32-3;1-7-4-2-6-3-5-7;1-2-4-5-3-1;1-3-5-4-2;3*1-3-2;;;;;/h6,8-9,11,17-18,20,23,26-27,30,33H,7,10,12-16,19H2,1-5H3;4,6-7,9,15-18,21,24-25,28,31H,5,8,10-14H2,1-3H3;6H,2-5H2,1H3;5H,1-4H2;5H,3-4H2,1-2H3;3*3H,1-2H3;5*1H4/t20-,23-,26?,27?,30?,31?;18-,21-,24?,25?,28?,29?;;;;;;;;;;;/m11.........../s1. The Kier molecular flexibility index (Phi) is 46.4. The molecule has 6 fully saturated rings. The molecule has 0 amide bonds. The number of ether oxygens (including phenoxy) is 4. The maximum atomic E-state index is 11.0. The predicted octanol–water partition coefficient (Wildman–Crippen LogP) is 16.2. The minimum Gasteiger partial charge on any atom is -0.508 e. The van der Waals surface area contributed by atoms with Gasteiger partial charge in [0.05, 0.1) is 27.4 Å². The highest BCUT2D eigenvalue weighted by Crippen LogP contribution is 2.66. The van der Waals surface area contributed by atoms with Crippen molar-refractivity contribution < 1.29 is 34.0 Å². The van der Waals surface area contributed by atoms with E-state index in [9.17, 15) is 15.0 Å².